The van der Waals surface area contributed by atoms with Crippen LogP contribution in [0.5, 0.6) is 17.2 Å². The Kier molecular flexibility index (Phi) is 8.51. The average Bonchev–Trinajstić information content (AvgIpc) is 3.40. The first-order chi connectivity index (χ1) is 20.6. The number of fused-ring (bicyclic) bond motifs is 9. The first kappa shape index (κ1) is 29.4. The largest absolute Gasteiger partial charge is 0.493 e. The van der Waals surface area contributed by atoms with Gasteiger partial charge in [-0.05, 0) is 41.8 Å². The van der Waals surface area contributed by atoms with E-state index in [1.165, 1.54) is 26.1 Å². The van der Waals surface area contributed by atoms with Gasteiger partial charge >= 0.3 is 5.69 Å². The van der Waals surface area contributed by atoms with E-state index < -0.39 is 29.3 Å². The number of aryl methyl sites for hydroxylation is 1. The van der Waals surface area contributed by atoms with E-state index in [4.69, 9.17) is 14.2 Å². The molecule has 1 fully saturated rings. The minimum Gasteiger partial charge on any atom is -0.493 e. The van der Waals surface area contributed by atoms with Crippen molar-refractivity contribution in [2.45, 2.75) is 31.5 Å². The van der Waals surface area contributed by atoms with Gasteiger partial charge in [0.15, 0.2) is 18.1 Å². The van der Waals surface area contributed by atoms with Gasteiger partial charge in [-0.1, -0.05) is 18.2 Å². The topological polar surface area (TPSA) is 150 Å². The molecule has 1 saturated heterocycles. The van der Waals surface area contributed by atoms with E-state index in [1.54, 1.807) is 36.4 Å². The Labute approximate surface area is 247 Å². The predicted octanol–water partition coefficient (Wildman–Crippen LogP) is 0.122. The summed E-state index contributed by atoms with van der Waals surface area (Å²) in [5.41, 5.74) is 0.383. The summed E-state index contributed by atoms with van der Waals surface area (Å²) in [6, 6.07) is 12.9. The molecular weight excluding hydrogens is 558 g/mol. The lowest BCUT2D eigenvalue weighted by molar-refractivity contribution is -0.123. The molecule has 6 rings (SSSR count). The predicted molar refractivity (Wildman–Crippen MR) is 154 cm³/mol. The number of carbonyl (C=O) groups is 3. The Morgan fingerprint density at radius 3 is 2.40 bits per heavy atom. The number of nitrogens with zero attached hydrogens (tertiary/aromatic N) is 3. The smallest absolute Gasteiger partial charge is 0.331 e. The van der Waals surface area contributed by atoms with Crippen LogP contribution in [-0.2, 0) is 36.6 Å². The fourth-order valence-electron chi connectivity index (χ4n) is 5.08. The molecule has 4 heterocycles. The minimum atomic E-state index is -0.615. The van der Waals surface area contributed by atoms with E-state index in [-0.39, 0.29) is 50.2 Å². The van der Waals surface area contributed by atoms with E-state index in [9.17, 15) is 24.0 Å². The molecule has 13 heteroatoms. The van der Waals surface area contributed by atoms with Crippen molar-refractivity contribution in [1.29, 1.82) is 0 Å². The molecular formula is C30H33N5O8. The molecule has 3 aliphatic rings. The lowest BCUT2D eigenvalue weighted by Crippen LogP contribution is -2.45. The normalized spacial score (nSPS) is 19.1. The Morgan fingerprint density at radius 1 is 0.907 bits per heavy atom. The van der Waals surface area contributed by atoms with Crippen molar-refractivity contribution in [3.8, 4) is 17.2 Å². The highest BCUT2D eigenvalue weighted by Gasteiger charge is 2.39. The quantitative estimate of drug-likeness (QED) is 0.427. The molecule has 43 heavy (non-hydrogen) atoms. The molecule has 0 unspecified atom stereocenters. The van der Waals surface area contributed by atoms with Crippen molar-refractivity contribution >= 4 is 17.7 Å². The second kappa shape index (κ2) is 12.4. The molecule has 1 aromatic heterocycles. The Balaban J connectivity index is 1.41. The number of aromatic nitrogens is 2. The van der Waals surface area contributed by atoms with E-state index in [1.807, 2.05) is 6.07 Å². The zero-order chi connectivity index (χ0) is 30.7. The van der Waals surface area contributed by atoms with Gasteiger partial charge in [0.25, 0.3) is 17.4 Å². The average molecular weight is 592 g/mol. The molecule has 3 aliphatic heterocycles. The van der Waals surface area contributed by atoms with Crippen LogP contribution in [-0.4, -0.2) is 70.7 Å². The van der Waals surface area contributed by atoms with Gasteiger partial charge < -0.3 is 29.7 Å². The summed E-state index contributed by atoms with van der Waals surface area (Å²) in [6.45, 7) is 0.304. The monoisotopic (exact) mass is 591 g/mol. The van der Waals surface area contributed by atoms with Crippen molar-refractivity contribution in [1.82, 2.24) is 24.7 Å². The summed E-state index contributed by atoms with van der Waals surface area (Å²) < 4.78 is 19.4. The number of carbonyl (C=O) groups excluding carboxylic acids is 3. The lowest BCUT2D eigenvalue weighted by Gasteiger charge is -2.21. The highest BCUT2D eigenvalue weighted by Crippen LogP contribution is 2.29. The van der Waals surface area contributed by atoms with E-state index in [0.29, 0.717) is 23.7 Å². The van der Waals surface area contributed by atoms with Crippen LogP contribution in [0.3, 0.4) is 0 Å². The molecule has 2 atom stereocenters. The Bertz CT molecular complexity index is 1660. The first-order valence-corrected chi connectivity index (χ1v) is 13.8. The molecule has 13 nitrogen and oxygen atoms in total. The van der Waals surface area contributed by atoms with Crippen molar-refractivity contribution in [2.24, 2.45) is 14.1 Å². The third-order valence-corrected chi connectivity index (χ3v) is 7.57. The number of benzene rings is 2. The third-order valence-electron chi connectivity index (χ3n) is 7.57. The van der Waals surface area contributed by atoms with Gasteiger partial charge in [0.1, 0.15) is 17.5 Å². The summed E-state index contributed by atoms with van der Waals surface area (Å²) in [4.78, 5) is 65.2. The number of methoxy groups -OCH3 is 1. The van der Waals surface area contributed by atoms with Gasteiger partial charge in [-0.3, -0.25) is 28.3 Å². The van der Waals surface area contributed by atoms with E-state index >= 15 is 0 Å². The van der Waals surface area contributed by atoms with Crippen molar-refractivity contribution in [3.63, 3.8) is 0 Å². The van der Waals surface area contributed by atoms with E-state index in [2.05, 4.69) is 10.6 Å². The van der Waals surface area contributed by atoms with Crippen molar-refractivity contribution < 1.29 is 28.6 Å². The third kappa shape index (κ3) is 6.55. The number of hydrogen-bond donors (Lipinski definition) is 2. The van der Waals surface area contributed by atoms with Gasteiger partial charge in [-0.25, -0.2) is 4.79 Å². The fraction of sp³-hybridized carbons (Fsp3) is 0.367. The van der Waals surface area contributed by atoms with Crippen LogP contribution in [0.1, 0.15) is 28.0 Å². The van der Waals surface area contributed by atoms with Gasteiger partial charge in [-0.2, -0.15) is 0 Å². The van der Waals surface area contributed by atoms with Gasteiger partial charge in [0, 0.05) is 39.7 Å². The molecule has 0 radical (unpaired) electrons. The standard InChI is InChI=1S/C30H33N5O8/c1-33-22(13-28(38)34(2)30(33)40)29(39)35-15-21-25(16-35)43-20-8-4-19(5-9-20)14-31-27(37)17-42-24-12-18(6-10-23(24)41-3)7-11-26(36)32-21/h4-6,8-10,12-13,21,25H,7,11,14-17H2,1-3H3,(H,31,37)(H,32,36)/t21-,25-/m0/s1. The number of amides is 3. The number of rotatable bonds is 2. The number of likely N-dealkylation sites (tertiary alicyclic amines) is 1. The minimum absolute atomic E-state index is 0.0517. The number of hydrogen-bond acceptors (Lipinski definition) is 8. The molecule has 3 amide bonds. The van der Waals surface area contributed by atoms with Crippen LogP contribution in [0.15, 0.2) is 58.1 Å². The number of ether oxygens (including phenoxy) is 3. The molecule has 2 N–H and O–H groups in total. The lowest BCUT2D eigenvalue weighted by atomic mass is 10.1. The van der Waals surface area contributed by atoms with Gasteiger partial charge in [0.2, 0.25) is 5.91 Å². The Morgan fingerprint density at radius 2 is 1.65 bits per heavy atom. The van der Waals surface area contributed by atoms with Crippen LogP contribution >= 0.6 is 0 Å². The molecule has 2 aromatic carbocycles. The SMILES string of the molecule is COc1ccc2cc1OCC(=O)NCc1ccc(cc1)O[C@H]1CN(C(=O)c3cc(=O)n(C)c(=O)n3C)C[C@@H]1NC(=O)CC2. The van der Waals surface area contributed by atoms with Gasteiger partial charge in [0.05, 0.1) is 19.7 Å². The Hall–Kier alpha value is -5.07. The highest BCUT2D eigenvalue weighted by molar-refractivity contribution is 5.93. The van der Waals surface area contributed by atoms with Crippen LogP contribution < -0.4 is 36.1 Å². The van der Waals surface area contributed by atoms with E-state index in [0.717, 1.165) is 26.3 Å². The van der Waals surface area contributed by atoms with Crippen LogP contribution in [0.25, 0.3) is 0 Å². The van der Waals surface area contributed by atoms with Crippen molar-refractivity contribution in [3.05, 3.63) is 86.2 Å². The summed E-state index contributed by atoms with van der Waals surface area (Å²) in [5.74, 6) is 0.290. The van der Waals surface area contributed by atoms with Crippen molar-refractivity contribution in [2.75, 3.05) is 26.8 Å². The summed E-state index contributed by atoms with van der Waals surface area (Å²) in [7, 11) is 4.28. The maximum atomic E-state index is 13.5. The highest BCUT2D eigenvalue weighted by atomic mass is 16.5. The molecule has 0 saturated carbocycles. The summed E-state index contributed by atoms with van der Waals surface area (Å²) >= 11 is 0. The maximum Gasteiger partial charge on any atom is 0.331 e. The van der Waals surface area contributed by atoms with Crippen LogP contribution in [0, 0.1) is 0 Å². The first-order valence-electron chi connectivity index (χ1n) is 13.8. The van der Waals surface area contributed by atoms with Crippen LogP contribution in [0.2, 0.25) is 0 Å². The van der Waals surface area contributed by atoms with Crippen LogP contribution in [0.4, 0.5) is 0 Å². The molecule has 226 valence electrons. The molecule has 4 bridgehead atoms. The molecule has 3 aromatic rings. The van der Waals surface area contributed by atoms with Gasteiger partial charge in [-0.15, -0.1) is 0 Å². The maximum absolute atomic E-state index is 13.5. The zero-order valence-corrected chi connectivity index (χ0v) is 24.1. The zero-order valence-electron chi connectivity index (χ0n) is 24.1. The fourth-order valence-corrected chi connectivity index (χ4v) is 5.08. The molecule has 0 spiro atoms. The molecule has 0 aliphatic carbocycles. The second-order valence-corrected chi connectivity index (χ2v) is 10.5. The second-order valence-electron chi connectivity index (χ2n) is 10.5. The summed E-state index contributed by atoms with van der Waals surface area (Å²) in [6.07, 6.45) is -0.0814. The number of nitrogens with one attached hydrogen (secondary N) is 2. The summed E-state index contributed by atoms with van der Waals surface area (Å²) in [5, 5.41) is 5.82.